The van der Waals surface area contributed by atoms with Crippen LogP contribution in [0.2, 0.25) is 0 Å². The minimum Gasteiger partial charge on any atom is -0.361 e. The Morgan fingerprint density at radius 2 is 0.448 bits per heavy atom. The summed E-state index contributed by atoms with van der Waals surface area (Å²) in [6, 6.07) is 0. The molecule has 1 saturated carbocycles. The van der Waals surface area contributed by atoms with Crippen molar-refractivity contribution >= 4 is 0 Å². The summed E-state index contributed by atoms with van der Waals surface area (Å²) in [5.41, 5.74) is 0. The molecule has 0 aromatic carbocycles. The maximum atomic E-state index is 10.1. The van der Waals surface area contributed by atoms with Gasteiger partial charge in [0.05, 0.1) is 0 Å². The average Bonchev–Trinajstić information content (AvgIpc) is 2.65. The second kappa shape index (κ2) is 13.9. The van der Waals surface area contributed by atoms with Crippen molar-refractivity contribution < 1.29 is 30.6 Å². The molecule has 0 radical (unpaired) electrons. The number of aliphatic hydroxyl groups is 6. The highest BCUT2D eigenvalue weighted by Crippen LogP contribution is 2.35. The van der Waals surface area contributed by atoms with Crippen LogP contribution < -0.4 is 0 Å². The fourth-order valence-electron chi connectivity index (χ4n) is 4.24. The number of rotatable bonds is 0. The molecule has 0 unspecified atom stereocenters. The first-order valence-electron chi connectivity index (χ1n) is 12.0. The Morgan fingerprint density at radius 1 is 0.276 bits per heavy atom. The molecule has 174 valence electrons. The summed E-state index contributed by atoms with van der Waals surface area (Å²) in [5.74, 6) is -9.33. The summed E-state index contributed by atoms with van der Waals surface area (Å²) in [4.78, 5) is 0. The van der Waals surface area contributed by atoms with Gasteiger partial charge in [-0.1, -0.05) is 103 Å². The highest BCUT2D eigenvalue weighted by Gasteiger charge is 2.60. The van der Waals surface area contributed by atoms with Crippen LogP contribution in [-0.4, -0.2) is 48.0 Å². The molecular weight excluding hydrogens is 372 g/mol. The predicted octanol–water partition coefficient (Wildman–Crippen LogP) is 3.84. The van der Waals surface area contributed by atoms with Crippen molar-refractivity contribution in [3.05, 3.63) is 0 Å². The molecule has 6 N–H and O–H groups in total. The summed E-state index contributed by atoms with van der Waals surface area (Å²) in [6.07, 6.45) is 18.3. The molecule has 1 aliphatic carbocycles. The van der Waals surface area contributed by atoms with Crippen molar-refractivity contribution in [2.45, 2.75) is 146 Å². The molecule has 6 heteroatoms. The van der Waals surface area contributed by atoms with E-state index < -0.39 is 17.4 Å². The lowest BCUT2D eigenvalue weighted by Gasteiger charge is -2.43. The van der Waals surface area contributed by atoms with Crippen LogP contribution in [-0.2, 0) is 0 Å². The maximum Gasteiger partial charge on any atom is 0.274 e. The Kier molecular flexibility index (Phi) is 12.9. The average molecular weight is 419 g/mol. The van der Waals surface area contributed by atoms with E-state index in [4.69, 9.17) is 0 Å². The van der Waals surface area contributed by atoms with E-state index in [0.29, 0.717) is 12.8 Å². The van der Waals surface area contributed by atoms with Gasteiger partial charge in [-0.25, -0.2) is 0 Å². The smallest absolute Gasteiger partial charge is 0.274 e. The first-order valence-corrected chi connectivity index (χ1v) is 12.0. The molecule has 1 aliphatic rings. The zero-order chi connectivity index (χ0) is 21.6. The van der Waals surface area contributed by atoms with Gasteiger partial charge in [-0.05, 0) is 12.8 Å². The second-order valence-corrected chi connectivity index (χ2v) is 9.17. The van der Waals surface area contributed by atoms with Crippen LogP contribution >= 0.6 is 0 Å². The Morgan fingerprint density at radius 3 is 0.655 bits per heavy atom. The normalized spacial score (nSPS) is 27.1. The van der Waals surface area contributed by atoms with Gasteiger partial charge in [-0.2, -0.15) is 0 Å². The Bertz CT molecular complexity index is 372. The molecule has 0 aliphatic heterocycles. The summed E-state index contributed by atoms with van der Waals surface area (Å²) < 4.78 is 0. The molecule has 0 atom stereocenters. The highest BCUT2D eigenvalue weighted by molar-refractivity contribution is 4.93. The third-order valence-corrected chi connectivity index (χ3v) is 6.42. The molecule has 0 amide bonds. The maximum absolute atomic E-state index is 10.1. The summed E-state index contributed by atoms with van der Waals surface area (Å²) in [7, 11) is 0. The fraction of sp³-hybridized carbons (Fsp3) is 1.00. The molecule has 6 nitrogen and oxygen atoms in total. The van der Waals surface area contributed by atoms with Crippen molar-refractivity contribution in [3.8, 4) is 0 Å². The van der Waals surface area contributed by atoms with E-state index in [9.17, 15) is 30.6 Å². The third-order valence-electron chi connectivity index (χ3n) is 6.42. The van der Waals surface area contributed by atoms with Crippen LogP contribution in [0, 0.1) is 0 Å². The van der Waals surface area contributed by atoms with Gasteiger partial charge in [0.25, 0.3) is 5.79 Å². The van der Waals surface area contributed by atoms with E-state index in [1.807, 2.05) is 0 Å². The Labute approximate surface area is 177 Å². The van der Waals surface area contributed by atoms with Gasteiger partial charge >= 0.3 is 0 Å². The monoisotopic (exact) mass is 418 g/mol. The van der Waals surface area contributed by atoms with E-state index in [1.165, 1.54) is 64.2 Å². The molecule has 0 aromatic heterocycles. The molecule has 29 heavy (non-hydrogen) atoms. The number of hydrogen-bond donors (Lipinski definition) is 6. The molecule has 0 spiro atoms. The highest BCUT2D eigenvalue weighted by atomic mass is 16.7. The topological polar surface area (TPSA) is 121 Å². The van der Waals surface area contributed by atoms with E-state index in [1.54, 1.807) is 0 Å². The van der Waals surface area contributed by atoms with Crippen molar-refractivity contribution in [1.82, 2.24) is 0 Å². The Balaban J connectivity index is 2.52. The van der Waals surface area contributed by atoms with Crippen LogP contribution in [0.1, 0.15) is 128 Å². The SMILES string of the molecule is OC1(O)CCCCCCCCCCCCCCCCCCCCC(O)(O)C1(O)O. The summed E-state index contributed by atoms with van der Waals surface area (Å²) in [5, 5.41) is 60.7. The van der Waals surface area contributed by atoms with Crippen LogP contribution in [0.5, 0.6) is 0 Å². The van der Waals surface area contributed by atoms with Crippen LogP contribution in [0.15, 0.2) is 0 Å². The molecule has 0 heterocycles. The molecule has 1 fully saturated rings. The largest absolute Gasteiger partial charge is 0.361 e. The second-order valence-electron chi connectivity index (χ2n) is 9.17. The van der Waals surface area contributed by atoms with Crippen molar-refractivity contribution in [3.63, 3.8) is 0 Å². The van der Waals surface area contributed by atoms with Crippen LogP contribution in [0.3, 0.4) is 0 Å². The lowest BCUT2D eigenvalue weighted by Crippen LogP contribution is -2.68. The van der Waals surface area contributed by atoms with Gasteiger partial charge in [-0.15, -0.1) is 0 Å². The van der Waals surface area contributed by atoms with Crippen LogP contribution in [0.4, 0.5) is 0 Å². The van der Waals surface area contributed by atoms with E-state index in [2.05, 4.69) is 0 Å². The van der Waals surface area contributed by atoms with Gasteiger partial charge in [-0.3, -0.25) is 0 Å². The first-order chi connectivity index (χ1) is 13.7. The molecule has 0 aromatic rings. The standard InChI is InChI=1S/C23H46O6/c24-21(25)19-17-15-13-11-9-7-5-3-1-2-4-6-8-10-12-14-16-18-20-22(26,27)23(21,28)29/h24-29H,1-20H2. The minimum atomic E-state index is -3.39. The van der Waals surface area contributed by atoms with Gasteiger partial charge in [0, 0.05) is 12.8 Å². The summed E-state index contributed by atoms with van der Waals surface area (Å²) >= 11 is 0. The Hall–Kier alpha value is -0.240. The lowest BCUT2D eigenvalue weighted by molar-refractivity contribution is -0.454. The van der Waals surface area contributed by atoms with Crippen molar-refractivity contribution in [1.29, 1.82) is 0 Å². The minimum absolute atomic E-state index is 0.317. The molecule has 0 bridgehead atoms. The zero-order valence-corrected chi connectivity index (χ0v) is 18.3. The molecule has 1 rings (SSSR count). The van der Waals surface area contributed by atoms with Gasteiger partial charge in [0.2, 0.25) is 11.6 Å². The zero-order valence-electron chi connectivity index (χ0n) is 18.3. The van der Waals surface area contributed by atoms with E-state index in [-0.39, 0.29) is 12.8 Å². The lowest BCUT2D eigenvalue weighted by atomic mass is 9.88. The predicted molar refractivity (Wildman–Crippen MR) is 114 cm³/mol. The van der Waals surface area contributed by atoms with Crippen LogP contribution in [0.25, 0.3) is 0 Å². The molecular formula is C23H46O6. The van der Waals surface area contributed by atoms with Crippen molar-refractivity contribution in [2.24, 2.45) is 0 Å². The number of hydrogen-bond acceptors (Lipinski definition) is 6. The van der Waals surface area contributed by atoms with Gasteiger partial charge in [0.15, 0.2) is 0 Å². The van der Waals surface area contributed by atoms with E-state index in [0.717, 1.165) is 38.5 Å². The van der Waals surface area contributed by atoms with E-state index >= 15 is 0 Å². The van der Waals surface area contributed by atoms with Gasteiger partial charge in [0.1, 0.15) is 0 Å². The molecule has 0 saturated heterocycles. The summed E-state index contributed by atoms with van der Waals surface area (Å²) in [6.45, 7) is 0. The van der Waals surface area contributed by atoms with Crippen molar-refractivity contribution in [2.75, 3.05) is 0 Å². The third kappa shape index (κ3) is 10.1. The quantitative estimate of drug-likeness (QED) is 0.332. The van der Waals surface area contributed by atoms with Gasteiger partial charge < -0.3 is 30.6 Å². The fourth-order valence-corrected chi connectivity index (χ4v) is 4.24. The first kappa shape index (κ1) is 26.8.